The zero-order chi connectivity index (χ0) is 23.0. The molecular weight excluding hydrogens is 308 g/mol. The zero-order valence-electron chi connectivity index (χ0n) is 20.3. The van der Waals surface area contributed by atoms with Crippen LogP contribution in [0.25, 0.3) is 0 Å². The Bertz CT molecular complexity index is 1060. The number of nitrogens with zero attached hydrogens (tertiary/aromatic N) is 3. The number of hydrogen-bond acceptors (Lipinski definition) is 4. The standard InChI is InChI=1S/C18H19ClN4/c1-22-8-10-23(11-9-22)18-14-4-2-3-5-15(14)20-16-7-6-13(19)12-17(16)21-18/h2-7,12,20H,8-11H2,1H3/i8D2,9D2,10D2,11D2. The third-order valence-electron chi connectivity index (χ3n) is 3.49. The molecule has 0 aromatic heterocycles. The van der Waals surface area contributed by atoms with Gasteiger partial charge in [-0.2, -0.15) is 0 Å². The highest BCUT2D eigenvalue weighted by atomic mass is 35.5. The lowest BCUT2D eigenvalue weighted by atomic mass is 10.1. The largest absolute Gasteiger partial charge is 0.353 e. The highest BCUT2D eigenvalue weighted by molar-refractivity contribution is 6.31. The Balaban J connectivity index is 2.06. The van der Waals surface area contributed by atoms with Gasteiger partial charge in [0.2, 0.25) is 0 Å². The number of halogens is 1. The number of piperazine rings is 1. The van der Waals surface area contributed by atoms with E-state index in [1.165, 1.54) is 6.07 Å². The SMILES string of the molecule is [2H]C1([2H])N(C)C([2H])([2H])C([2H])([2H])N(C2=Nc3cc(Cl)ccc3Nc3ccccc32)C1([2H])[2H]. The summed E-state index contributed by atoms with van der Waals surface area (Å²) < 4.78 is 67.5. The summed E-state index contributed by atoms with van der Waals surface area (Å²) in [6.45, 7) is -11.8. The molecule has 0 saturated carbocycles. The van der Waals surface area contributed by atoms with Crippen LogP contribution in [-0.4, -0.2) is 48.7 Å². The summed E-state index contributed by atoms with van der Waals surface area (Å²) in [4.78, 5) is 5.39. The first kappa shape index (κ1) is 8.18. The van der Waals surface area contributed by atoms with Crippen molar-refractivity contribution in [2.24, 2.45) is 4.99 Å². The van der Waals surface area contributed by atoms with E-state index in [2.05, 4.69) is 10.3 Å². The molecule has 2 aromatic carbocycles. The van der Waals surface area contributed by atoms with Crippen LogP contribution in [0.15, 0.2) is 47.5 Å². The van der Waals surface area contributed by atoms with Crippen molar-refractivity contribution in [3.05, 3.63) is 53.1 Å². The maximum Gasteiger partial charge on any atom is 0.138 e. The van der Waals surface area contributed by atoms with Crippen LogP contribution in [0.2, 0.25) is 5.02 Å². The third kappa shape index (κ3) is 2.80. The quantitative estimate of drug-likeness (QED) is 0.796. The minimum atomic E-state index is -2.99. The predicted molar refractivity (Wildman–Crippen MR) is 96.4 cm³/mol. The first-order chi connectivity index (χ1) is 14.2. The molecular formula is C18H19ClN4. The lowest BCUT2D eigenvalue weighted by Gasteiger charge is -2.34. The molecule has 2 aliphatic heterocycles. The molecule has 0 atom stereocenters. The van der Waals surface area contributed by atoms with E-state index in [4.69, 9.17) is 22.6 Å². The zero-order valence-corrected chi connectivity index (χ0v) is 13.0. The van der Waals surface area contributed by atoms with Gasteiger partial charge in [-0.3, -0.25) is 0 Å². The fourth-order valence-corrected chi connectivity index (χ4v) is 2.56. The molecule has 2 aromatic rings. The molecule has 0 amide bonds. The molecule has 0 aliphatic carbocycles. The van der Waals surface area contributed by atoms with E-state index in [-0.39, 0.29) is 11.5 Å². The second kappa shape index (κ2) is 5.87. The van der Waals surface area contributed by atoms with Gasteiger partial charge in [0.1, 0.15) is 5.84 Å². The fraction of sp³-hybridized carbons (Fsp3) is 0.278. The number of nitrogens with one attached hydrogen (secondary N) is 1. The third-order valence-corrected chi connectivity index (χ3v) is 3.73. The fourth-order valence-electron chi connectivity index (χ4n) is 2.39. The van der Waals surface area contributed by atoms with Crippen LogP contribution in [0, 0.1) is 0 Å². The number of hydrogen-bond donors (Lipinski definition) is 1. The molecule has 4 rings (SSSR count). The summed E-state index contributed by atoms with van der Waals surface area (Å²) in [5.41, 5.74) is 1.59. The van der Waals surface area contributed by atoms with Crippen LogP contribution in [0.5, 0.6) is 0 Å². The Kier molecular flexibility index (Phi) is 2.09. The highest BCUT2D eigenvalue weighted by Crippen LogP contribution is 2.36. The van der Waals surface area contributed by atoms with Gasteiger partial charge in [-0.25, -0.2) is 4.99 Å². The van der Waals surface area contributed by atoms with Gasteiger partial charge in [0.05, 0.1) is 16.9 Å². The number of rotatable bonds is 0. The molecule has 1 saturated heterocycles. The summed E-state index contributed by atoms with van der Waals surface area (Å²) >= 11 is 6.11. The van der Waals surface area contributed by atoms with Crippen molar-refractivity contribution in [2.45, 2.75) is 0 Å². The van der Waals surface area contributed by atoms with Gasteiger partial charge < -0.3 is 15.1 Å². The number of para-hydroxylation sites is 1. The van der Waals surface area contributed by atoms with Crippen LogP contribution in [0.4, 0.5) is 17.1 Å². The maximum atomic E-state index is 8.57. The number of fused-ring (bicyclic) bond motifs is 2. The Hall–Kier alpha value is -2.04. The van der Waals surface area contributed by atoms with Gasteiger partial charge in [-0.05, 0) is 37.4 Å². The number of likely N-dealkylation sites (N-methyl/N-ethyl adjacent to an activating group) is 1. The van der Waals surface area contributed by atoms with Gasteiger partial charge in [-0.1, -0.05) is 23.7 Å². The Morgan fingerprint density at radius 2 is 1.87 bits per heavy atom. The molecule has 0 spiro atoms. The van der Waals surface area contributed by atoms with Gasteiger partial charge in [0, 0.05) is 47.7 Å². The molecule has 23 heavy (non-hydrogen) atoms. The smallest absolute Gasteiger partial charge is 0.138 e. The minimum absolute atomic E-state index is 0.250. The minimum Gasteiger partial charge on any atom is -0.353 e. The molecule has 4 nitrogen and oxygen atoms in total. The first-order valence-corrected chi connectivity index (χ1v) is 7.39. The highest BCUT2D eigenvalue weighted by Gasteiger charge is 2.23. The summed E-state index contributed by atoms with van der Waals surface area (Å²) in [5.74, 6) is -0.250. The van der Waals surface area contributed by atoms with Crippen molar-refractivity contribution in [3.8, 4) is 0 Å². The van der Waals surface area contributed by atoms with Crippen molar-refractivity contribution in [1.29, 1.82) is 0 Å². The Labute approximate surface area is 152 Å². The van der Waals surface area contributed by atoms with Crippen molar-refractivity contribution in [1.82, 2.24) is 9.80 Å². The van der Waals surface area contributed by atoms with Crippen LogP contribution in [-0.2, 0) is 0 Å². The van der Waals surface area contributed by atoms with Gasteiger partial charge >= 0.3 is 0 Å². The van der Waals surface area contributed by atoms with Crippen molar-refractivity contribution in [3.63, 3.8) is 0 Å². The van der Waals surface area contributed by atoms with Crippen molar-refractivity contribution >= 4 is 34.5 Å². The van der Waals surface area contributed by atoms with E-state index in [1.54, 1.807) is 36.4 Å². The van der Waals surface area contributed by atoms with Crippen LogP contribution in [0.3, 0.4) is 0 Å². The van der Waals surface area contributed by atoms with E-state index < -0.39 is 26.0 Å². The second-order valence-electron chi connectivity index (χ2n) is 5.11. The number of aliphatic imine (C=N–C) groups is 1. The molecule has 1 fully saturated rings. The Morgan fingerprint density at radius 3 is 2.70 bits per heavy atom. The predicted octanol–water partition coefficient (Wildman–Crippen LogP) is 3.72. The lowest BCUT2D eigenvalue weighted by Crippen LogP contribution is -2.47. The molecule has 2 heterocycles. The Morgan fingerprint density at radius 1 is 1.09 bits per heavy atom. The van der Waals surface area contributed by atoms with E-state index in [0.717, 1.165) is 7.05 Å². The average molecular weight is 335 g/mol. The molecule has 5 heteroatoms. The first-order valence-electron chi connectivity index (χ1n) is 11.0. The number of anilines is 2. The van der Waals surface area contributed by atoms with E-state index in [1.807, 2.05) is 0 Å². The summed E-state index contributed by atoms with van der Waals surface area (Å²) in [6.07, 6.45) is 0. The molecule has 0 unspecified atom stereocenters. The normalized spacial score (nSPS) is 31.6. The van der Waals surface area contributed by atoms with Crippen LogP contribution in [0.1, 0.15) is 16.5 Å². The van der Waals surface area contributed by atoms with Crippen LogP contribution < -0.4 is 5.32 Å². The second-order valence-corrected chi connectivity index (χ2v) is 5.55. The molecule has 1 N–H and O–H groups in total. The summed E-state index contributed by atoms with van der Waals surface area (Å²) in [7, 11) is 1.02. The summed E-state index contributed by atoms with van der Waals surface area (Å²) in [6, 6.07) is 11.5. The van der Waals surface area contributed by atoms with Crippen molar-refractivity contribution in [2.75, 3.05) is 38.4 Å². The molecule has 118 valence electrons. The van der Waals surface area contributed by atoms with E-state index in [0.29, 0.717) is 31.8 Å². The monoisotopic (exact) mass is 334 g/mol. The molecule has 2 aliphatic rings. The lowest BCUT2D eigenvalue weighted by molar-refractivity contribution is 0.216. The molecule has 0 radical (unpaired) electrons. The molecule has 0 bridgehead atoms. The number of benzene rings is 2. The van der Waals surface area contributed by atoms with Gasteiger partial charge in [0.25, 0.3) is 0 Å². The van der Waals surface area contributed by atoms with Crippen molar-refractivity contribution < 1.29 is 11.0 Å². The van der Waals surface area contributed by atoms with E-state index >= 15 is 0 Å². The number of amidine groups is 1. The van der Waals surface area contributed by atoms with Gasteiger partial charge in [0.15, 0.2) is 0 Å². The van der Waals surface area contributed by atoms with Gasteiger partial charge in [-0.15, -0.1) is 0 Å². The van der Waals surface area contributed by atoms with E-state index in [9.17, 15) is 0 Å². The van der Waals surface area contributed by atoms with Crippen LogP contribution >= 0.6 is 11.6 Å². The summed E-state index contributed by atoms with van der Waals surface area (Å²) in [5, 5.41) is 3.51. The topological polar surface area (TPSA) is 30.9 Å². The average Bonchev–Trinajstić information content (AvgIpc) is 2.82. The maximum absolute atomic E-state index is 8.57.